The molecule has 94 valence electrons. The normalized spacial score (nSPS) is 23.9. The summed E-state index contributed by atoms with van der Waals surface area (Å²) in [5.74, 6) is 0. The average molecular weight is 248 g/mol. The molecule has 0 atom stereocenters. The Labute approximate surface area is 97.2 Å². The minimum absolute atomic E-state index is 0.0937. The minimum Gasteiger partial charge on any atom is -0.395 e. The molecule has 0 aromatic heterocycles. The molecule has 2 rings (SSSR count). The number of hydrogen-bond acceptors (Lipinski definition) is 3. The molecular formula is C10H20N2O3S. The number of rotatable bonds is 5. The number of hydrogen-bond donors (Lipinski definition) is 1. The van der Waals surface area contributed by atoms with Crippen molar-refractivity contribution in [2.75, 3.05) is 26.2 Å². The third-order valence-electron chi connectivity index (χ3n) is 3.21. The molecule has 0 unspecified atom stereocenters. The van der Waals surface area contributed by atoms with Crippen LogP contribution in [-0.2, 0) is 10.2 Å². The quantitative estimate of drug-likeness (QED) is 0.754. The van der Waals surface area contributed by atoms with Gasteiger partial charge in [-0.15, -0.1) is 0 Å². The predicted molar refractivity (Wildman–Crippen MR) is 61.2 cm³/mol. The third-order valence-corrected chi connectivity index (χ3v) is 5.30. The van der Waals surface area contributed by atoms with Gasteiger partial charge in [0.15, 0.2) is 0 Å². The predicted octanol–water partition coefficient (Wildman–Crippen LogP) is 0.174. The number of piperidine rings is 1. The van der Waals surface area contributed by atoms with Crippen LogP contribution in [0.1, 0.15) is 32.1 Å². The molecule has 16 heavy (non-hydrogen) atoms. The van der Waals surface area contributed by atoms with E-state index in [1.165, 1.54) is 4.31 Å². The fourth-order valence-electron chi connectivity index (χ4n) is 2.19. The zero-order valence-corrected chi connectivity index (χ0v) is 10.3. The fourth-order valence-corrected chi connectivity index (χ4v) is 4.11. The lowest BCUT2D eigenvalue weighted by molar-refractivity contribution is 0.235. The van der Waals surface area contributed by atoms with Crippen molar-refractivity contribution in [1.29, 1.82) is 0 Å². The molecule has 1 N–H and O–H groups in total. The zero-order chi connectivity index (χ0) is 11.6. The Morgan fingerprint density at radius 2 is 1.81 bits per heavy atom. The van der Waals surface area contributed by atoms with Gasteiger partial charge in [-0.25, -0.2) is 0 Å². The van der Waals surface area contributed by atoms with E-state index in [-0.39, 0.29) is 19.2 Å². The van der Waals surface area contributed by atoms with Gasteiger partial charge in [-0.3, -0.25) is 0 Å². The van der Waals surface area contributed by atoms with E-state index in [0.717, 1.165) is 32.1 Å². The summed E-state index contributed by atoms with van der Waals surface area (Å²) in [6.07, 6.45) is 4.91. The van der Waals surface area contributed by atoms with Gasteiger partial charge in [0.05, 0.1) is 6.61 Å². The van der Waals surface area contributed by atoms with Gasteiger partial charge in [-0.1, -0.05) is 6.42 Å². The van der Waals surface area contributed by atoms with Crippen molar-refractivity contribution in [3.05, 3.63) is 0 Å². The van der Waals surface area contributed by atoms with Crippen LogP contribution in [0, 0.1) is 0 Å². The summed E-state index contributed by atoms with van der Waals surface area (Å²) in [6.45, 7) is 1.42. The van der Waals surface area contributed by atoms with Gasteiger partial charge in [-0.05, 0) is 25.7 Å². The van der Waals surface area contributed by atoms with E-state index >= 15 is 0 Å². The summed E-state index contributed by atoms with van der Waals surface area (Å²) >= 11 is 0. The van der Waals surface area contributed by atoms with Gasteiger partial charge in [0.1, 0.15) is 0 Å². The van der Waals surface area contributed by atoms with Crippen molar-refractivity contribution in [2.24, 2.45) is 0 Å². The highest BCUT2D eigenvalue weighted by Gasteiger charge is 2.40. The molecule has 0 radical (unpaired) electrons. The van der Waals surface area contributed by atoms with Crippen LogP contribution in [0.2, 0.25) is 0 Å². The highest BCUT2D eigenvalue weighted by atomic mass is 32.2. The molecule has 1 aliphatic carbocycles. The lowest BCUT2D eigenvalue weighted by atomic mass is 10.2. The maximum absolute atomic E-state index is 12.3. The van der Waals surface area contributed by atoms with Crippen molar-refractivity contribution in [2.45, 2.75) is 38.1 Å². The van der Waals surface area contributed by atoms with Crippen LogP contribution in [0.3, 0.4) is 0 Å². The summed E-state index contributed by atoms with van der Waals surface area (Å²) in [5.41, 5.74) is 0. The van der Waals surface area contributed by atoms with Crippen molar-refractivity contribution in [3.63, 3.8) is 0 Å². The Balaban J connectivity index is 2.07. The van der Waals surface area contributed by atoms with E-state index < -0.39 is 10.2 Å². The second kappa shape index (κ2) is 5.00. The first-order valence-corrected chi connectivity index (χ1v) is 7.44. The molecular weight excluding hydrogens is 228 g/mol. The van der Waals surface area contributed by atoms with Gasteiger partial charge in [0.2, 0.25) is 0 Å². The van der Waals surface area contributed by atoms with E-state index in [0.29, 0.717) is 13.1 Å². The summed E-state index contributed by atoms with van der Waals surface area (Å²) in [6, 6.07) is 0.138. The van der Waals surface area contributed by atoms with Crippen molar-refractivity contribution in [3.8, 4) is 0 Å². The Bertz CT molecular complexity index is 321. The second-order valence-corrected chi connectivity index (χ2v) is 6.41. The largest absolute Gasteiger partial charge is 0.395 e. The molecule has 0 amide bonds. The molecule has 1 saturated carbocycles. The van der Waals surface area contributed by atoms with E-state index in [9.17, 15) is 8.42 Å². The first kappa shape index (κ1) is 12.3. The third kappa shape index (κ3) is 2.56. The molecule has 2 fully saturated rings. The van der Waals surface area contributed by atoms with Crippen molar-refractivity contribution < 1.29 is 13.5 Å². The Kier molecular flexibility index (Phi) is 3.84. The van der Waals surface area contributed by atoms with E-state index in [2.05, 4.69) is 0 Å². The maximum atomic E-state index is 12.3. The summed E-state index contributed by atoms with van der Waals surface area (Å²) in [7, 11) is -3.32. The Hall–Kier alpha value is -0.170. The molecule has 1 heterocycles. The maximum Gasteiger partial charge on any atom is 0.282 e. The molecule has 2 aliphatic rings. The first-order chi connectivity index (χ1) is 7.66. The Morgan fingerprint density at radius 1 is 1.19 bits per heavy atom. The zero-order valence-electron chi connectivity index (χ0n) is 9.51. The van der Waals surface area contributed by atoms with Crippen LogP contribution in [0.5, 0.6) is 0 Å². The van der Waals surface area contributed by atoms with E-state index in [1.54, 1.807) is 4.31 Å². The molecule has 0 aromatic rings. The minimum atomic E-state index is -3.32. The fraction of sp³-hybridized carbons (Fsp3) is 1.00. The van der Waals surface area contributed by atoms with Crippen LogP contribution in [0.25, 0.3) is 0 Å². The molecule has 1 saturated heterocycles. The van der Waals surface area contributed by atoms with Crippen molar-refractivity contribution in [1.82, 2.24) is 8.61 Å². The second-order valence-electron chi connectivity index (χ2n) is 4.53. The summed E-state index contributed by atoms with van der Waals surface area (Å²) in [5, 5.41) is 8.95. The van der Waals surface area contributed by atoms with Crippen LogP contribution < -0.4 is 0 Å². The first-order valence-electron chi connectivity index (χ1n) is 6.04. The van der Waals surface area contributed by atoms with Crippen LogP contribution in [0.15, 0.2) is 0 Å². The highest BCUT2D eigenvalue weighted by Crippen LogP contribution is 2.30. The van der Waals surface area contributed by atoms with Gasteiger partial charge < -0.3 is 5.11 Å². The highest BCUT2D eigenvalue weighted by molar-refractivity contribution is 7.86. The summed E-state index contributed by atoms with van der Waals surface area (Å²) < 4.78 is 27.7. The standard InChI is InChI=1S/C10H20N2O3S/c13-9-8-12(10-4-5-10)16(14,15)11-6-2-1-3-7-11/h10,13H,1-9H2. The SMILES string of the molecule is O=S(=O)(N1CCCCC1)N(CCO)C1CC1. The molecule has 5 nitrogen and oxygen atoms in total. The number of nitrogens with zero attached hydrogens (tertiary/aromatic N) is 2. The Morgan fingerprint density at radius 3 is 2.31 bits per heavy atom. The van der Waals surface area contributed by atoms with Gasteiger partial charge in [0.25, 0.3) is 10.2 Å². The molecule has 1 aliphatic heterocycles. The van der Waals surface area contributed by atoms with Gasteiger partial charge >= 0.3 is 0 Å². The number of aliphatic hydroxyl groups excluding tert-OH is 1. The summed E-state index contributed by atoms with van der Waals surface area (Å²) in [4.78, 5) is 0. The lowest BCUT2D eigenvalue weighted by Crippen LogP contribution is -2.47. The molecule has 0 bridgehead atoms. The van der Waals surface area contributed by atoms with Crippen molar-refractivity contribution >= 4 is 10.2 Å². The average Bonchev–Trinajstić information content (AvgIpc) is 3.11. The van der Waals surface area contributed by atoms with Crippen LogP contribution >= 0.6 is 0 Å². The lowest BCUT2D eigenvalue weighted by Gasteiger charge is -2.31. The molecule has 6 heteroatoms. The van der Waals surface area contributed by atoms with Gasteiger partial charge in [0, 0.05) is 25.7 Å². The van der Waals surface area contributed by atoms with E-state index in [4.69, 9.17) is 5.11 Å². The van der Waals surface area contributed by atoms with Crippen LogP contribution in [0.4, 0.5) is 0 Å². The smallest absolute Gasteiger partial charge is 0.282 e. The number of aliphatic hydroxyl groups is 1. The molecule has 0 aromatic carbocycles. The van der Waals surface area contributed by atoms with E-state index in [1.807, 2.05) is 0 Å². The monoisotopic (exact) mass is 248 g/mol. The molecule has 0 spiro atoms. The van der Waals surface area contributed by atoms with Crippen LogP contribution in [-0.4, -0.2) is 54.4 Å². The topological polar surface area (TPSA) is 60.9 Å². The van der Waals surface area contributed by atoms with Gasteiger partial charge in [-0.2, -0.15) is 17.0 Å².